The lowest BCUT2D eigenvalue weighted by atomic mass is 9.96. The first-order valence-electron chi connectivity index (χ1n) is 5.88. The van der Waals surface area contributed by atoms with Gasteiger partial charge in [0.2, 0.25) is 0 Å². The monoisotopic (exact) mass is 249 g/mol. The number of hydrogen-bond acceptors (Lipinski definition) is 2. The van der Waals surface area contributed by atoms with Crippen molar-refractivity contribution < 1.29 is 13.9 Å². The van der Waals surface area contributed by atoms with Crippen LogP contribution in [0.4, 0.5) is 4.39 Å². The molecule has 0 aliphatic carbocycles. The predicted molar refractivity (Wildman–Crippen MR) is 66.6 cm³/mol. The van der Waals surface area contributed by atoms with E-state index in [0.717, 1.165) is 0 Å². The van der Waals surface area contributed by atoms with E-state index >= 15 is 0 Å². The number of ether oxygens (including phenoxy) is 1. The van der Waals surface area contributed by atoms with Crippen LogP contribution in [0.15, 0.2) is 36.6 Å². The summed E-state index contributed by atoms with van der Waals surface area (Å²) in [7, 11) is 0. The van der Waals surface area contributed by atoms with Crippen LogP contribution in [-0.4, -0.2) is 17.6 Å². The van der Waals surface area contributed by atoms with Crippen LogP contribution in [0.5, 0.6) is 0 Å². The van der Waals surface area contributed by atoms with Crippen LogP contribution >= 0.6 is 0 Å². The highest BCUT2D eigenvalue weighted by atomic mass is 19.1. The first kappa shape index (κ1) is 12.6. The van der Waals surface area contributed by atoms with Crippen LogP contribution in [0.2, 0.25) is 0 Å². The molecule has 1 aliphatic rings. The second kappa shape index (κ2) is 4.80. The van der Waals surface area contributed by atoms with Gasteiger partial charge in [-0.1, -0.05) is 12.1 Å². The van der Waals surface area contributed by atoms with Crippen molar-refractivity contribution in [1.82, 2.24) is 5.32 Å². The third kappa shape index (κ3) is 2.88. The van der Waals surface area contributed by atoms with Crippen LogP contribution in [0.1, 0.15) is 30.6 Å². The minimum atomic E-state index is -0.509. The summed E-state index contributed by atoms with van der Waals surface area (Å²) in [5.41, 5.74) is -0.253. The third-order valence-electron chi connectivity index (χ3n) is 2.84. The number of amides is 1. The molecule has 0 saturated heterocycles. The van der Waals surface area contributed by atoms with Crippen LogP contribution in [0.3, 0.4) is 0 Å². The zero-order valence-corrected chi connectivity index (χ0v) is 10.4. The molecule has 1 aromatic rings. The molecule has 18 heavy (non-hydrogen) atoms. The lowest BCUT2D eigenvalue weighted by Gasteiger charge is -2.32. The number of hydrogen-bond donors (Lipinski definition) is 1. The quantitative estimate of drug-likeness (QED) is 0.875. The summed E-state index contributed by atoms with van der Waals surface area (Å²) in [5, 5.41) is 2.79. The Kier molecular flexibility index (Phi) is 3.36. The van der Waals surface area contributed by atoms with Crippen LogP contribution < -0.4 is 5.32 Å². The molecule has 2 rings (SSSR count). The summed E-state index contributed by atoms with van der Waals surface area (Å²) in [5.74, 6) is -0.911. The molecule has 4 heteroatoms. The number of carbonyl (C=O) groups excluding carboxylic acids is 1. The molecule has 1 atom stereocenters. The molecule has 3 nitrogen and oxygen atoms in total. The number of halogens is 1. The number of carbonyl (C=O) groups is 1. The molecule has 1 aromatic carbocycles. The first-order valence-corrected chi connectivity index (χ1v) is 5.88. The Bertz CT molecular complexity index is 482. The maximum absolute atomic E-state index is 13.4. The Labute approximate surface area is 106 Å². The predicted octanol–water partition coefficient (Wildman–Crippen LogP) is 2.64. The van der Waals surface area contributed by atoms with E-state index in [1.807, 2.05) is 13.8 Å². The van der Waals surface area contributed by atoms with Crippen molar-refractivity contribution in [1.29, 1.82) is 0 Å². The topological polar surface area (TPSA) is 38.3 Å². The van der Waals surface area contributed by atoms with Crippen molar-refractivity contribution in [3.8, 4) is 0 Å². The molecule has 0 aromatic heterocycles. The zero-order valence-electron chi connectivity index (χ0n) is 10.4. The van der Waals surface area contributed by atoms with Crippen LogP contribution in [-0.2, 0) is 4.74 Å². The van der Waals surface area contributed by atoms with Crippen molar-refractivity contribution in [2.75, 3.05) is 0 Å². The van der Waals surface area contributed by atoms with Gasteiger partial charge in [0.25, 0.3) is 5.91 Å². The minimum Gasteiger partial charge on any atom is -0.496 e. The Morgan fingerprint density at radius 3 is 2.83 bits per heavy atom. The Balaban J connectivity index is 2.07. The van der Waals surface area contributed by atoms with E-state index in [1.54, 1.807) is 24.5 Å². The summed E-state index contributed by atoms with van der Waals surface area (Å²) in [6, 6.07) is 5.81. The molecular weight excluding hydrogens is 233 g/mol. The second-order valence-corrected chi connectivity index (χ2v) is 4.97. The number of rotatable bonds is 2. The molecule has 0 radical (unpaired) electrons. The van der Waals surface area contributed by atoms with Gasteiger partial charge in [-0.2, -0.15) is 0 Å². The van der Waals surface area contributed by atoms with Gasteiger partial charge in [-0.25, -0.2) is 4.39 Å². The fourth-order valence-corrected chi connectivity index (χ4v) is 1.95. The average Bonchev–Trinajstić information content (AvgIpc) is 2.28. The molecule has 1 aliphatic heterocycles. The van der Waals surface area contributed by atoms with E-state index in [1.165, 1.54) is 12.1 Å². The SMILES string of the molecule is CC1(C)CC(NC(=O)c2ccccc2F)C=CO1. The highest BCUT2D eigenvalue weighted by molar-refractivity contribution is 5.94. The second-order valence-electron chi connectivity index (χ2n) is 4.97. The number of benzene rings is 1. The molecule has 96 valence electrons. The van der Waals surface area contributed by atoms with Crippen molar-refractivity contribution in [2.45, 2.75) is 31.9 Å². The van der Waals surface area contributed by atoms with Gasteiger partial charge in [0.05, 0.1) is 17.9 Å². The summed E-state index contributed by atoms with van der Waals surface area (Å²) in [4.78, 5) is 11.9. The van der Waals surface area contributed by atoms with Crippen molar-refractivity contribution >= 4 is 5.91 Å². The third-order valence-corrected chi connectivity index (χ3v) is 2.84. The van der Waals surface area contributed by atoms with Crippen molar-refractivity contribution in [3.05, 3.63) is 48.0 Å². The van der Waals surface area contributed by atoms with Gasteiger partial charge in [-0.05, 0) is 32.1 Å². The lowest BCUT2D eigenvalue weighted by molar-refractivity contribution is 0.0302. The fourth-order valence-electron chi connectivity index (χ4n) is 1.95. The molecule has 0 saturated carbocycles. The average molecular weight is 249 g/mol. The minimum absolute atomic E-state index is 0.0650. The Morgan fingerprint density at radius 2 is 2.17 bits per heavy atom. The summed E-state index contributed by atoms with van der Waals surface area (Å²) in [6.07, 6.45) is 4.00. The molecule has 1 N–H and O–H groups in total. The molecule has 1 amide bonds. The van der Waals surface area contributed by atoms with Gasteiger partial charge in [-0.15, -0.1) is 0 Å². The van der Waals surface area contributed by atoms with Gasteiger partial charge in [0.1, 0.15) is 11.4 Å². The standard InChI is InChI=1S/C14H16FNO2/c1-14(2)9-10(7-8-18-14)16-13(17)11-5-3-4-6-12(11)15/h3-8,10H,9H2,1-2H3,(H,16,17). The molecule has 0 fully saturated rings. The van der Waals surface area contributed by atoms with Gasteiger partial charge in [0, 0.05) is 6.42 Å². The van der Waals surface area contributed by atoms with Crippen LogP contribution in [0, 0.1) is 5.82 Å². The van der Waals surface area contributed by atoms with E-state index in [-0.39, 0.29) is 17.2 Å². The van der Waals surface area contributed by atoms with E-state index < -0.39 is 11.7 Å². The van der Waals surface area contributed by atoms with Gasteiger partial charge < -0.3 is 10.1 Å². The molecule has 1 heterocycles. The molecular formula is C14H16FNO2. The maximum Gasteiger partial charge on any atom is 0.254 e. The Hall–Kier alpha value is -1.84. The molecule has 0 spiro atoms. The summed E-state index contributed by atoms with van der Waals surface area (Å²) >= 11 is 0. The molecule has 0 bridgehead atoms. The highest BCUT2D eigenvalue weighted by Gasteiger charge is 2.27. The van der Waals surface area contributed by atoms with E-state index in [2.05, 4.69) is 5.32 Å². The fraction of sp³-hybridized carbons (Fsp3) is 0.357. The maximum atomic E-state index is 13.4. The highest BCUT2D eigenvalue weighted by Crippen LogP contribution is 2.22. The van der Waals surface area contributed by atoms with Crippen molar-refractivity contribution in [3.63, 3.8) is 0 Å². The van der Waals surface area contributed by atoms with E-state index in [4.69, 9.17) is 4.74 Å². The van der Waals surface area contributed by atoms with Gasteiger partial charge >= 0.3 is 0 Å². The van der Waals surface area contributed by atoms with Crippen LogP contribution in [0.25, 0.3) is 0 Å². The lowest BCUT2D eigenvalue weighted by Crippen LogP contribution is -2.42. The molecule has 1 unspecified atom stereocenters. The zero-order chi connectivity index (χ0) is 13.2. The van der Waals surface area contributed by atoms with Crippen molar-refractivity contribution in [2.24, 2.45) is 0 Å². The van der Waals surface area contributed by atoms with E-state index in [0.29, 0.717) is 6.42 Å². The summed E-state index contributed by atoms with van der Waals surface area (Å²) < 4.78 is 18.8. The van der Waals surface area contributed by atoms with E-state index in [9.17, 15) is 9.18 Å². The van der Waals surface area contributed by atoms with Gasteiger partial charge in [0.15, 0.2) is 0 Å². The normalized spacial score (nSPS) is 21.2. The smallest absolute Gasteiger partial charge is 0.254 e. The number of nitrogens with one attached hydrogen (secondary N) is 1. The largest absolute Gasteiger partial charge is 0.496 e. The summed E-state index contributed by atoms with van der Waals surface area (Å²) in [6.45, 7) is 3.89. The Morgan fingerprint density at radius 1 is 1.44 bits per heavy atom. The van der Waals surface area contributed by atoms with Gasteiger partial charge in [-0.3, -0.25) is 4.79 Å². The first-order chi connectivity index (χ1) is 8.48.